The number of piperazine rings is 1. The lowest BCUT2D eigenvalue weighted by Crippen LogP contribution is -2.46. The molecule has 1 aromatic heterocycles. The van der Waals surface area contributed by atoms with E-state index in [1.807, 2.05) is 30.3 Å². The van der Waals surface area contributed by atoms with E-state index in [0.717, 1.165) is 56.1 Å². The number of anilines is 2. The van der Waals surface area contributed by atoms with Gasteiger partial charge in [0.2, 0.25) is 5.91 Å². The number of para-hydroxylation sites is 1. The smallest absolute Gasteiger partial charge is 0.224 e. The Bertz CT molecular complexity index is 965. The van der Waals surface area contributed by atoms with E-state index in [0.29, 0.717) is 6.42 Å². The van der Waals surface area contributed by atoms with Gasteiger partial charge in [0.05, 0.1) is 6.61 Å². The third-order valence-corrected chi connectivity index (χ3v) is 6.73. The van der Waals surface area contributed by atoms with Crippen LogP contribution in [0.15, 0.2) is 54.6 Å². The number of nitrogens with one attached hydrogen (secondary N) is 1. The van der Waals surface area contributed by atoms with Crippen LogP contribution in [0.5, 0.6) is 0 Å². The molecule has 1 saturated heterocycles. The summed E-state index contributed by atoms with van der Waals surface area (Å²) >= 11 is 1.67. The molecule has 4 rings (SSSR count). The van der Waals surface area contributed by atoms with Crippen LogP contribution >= 0.6 is 11.3 Å². The molecule has 2 N–H and O–H groups in total. The molecule has 6 heteroatoms. The van der Waals surface area contributed by atoms with Gasteiger partial charge in [-0.3, -0.25) is 9.69 Å². The summed E-state index contributed by atoms with van der Waals surface area (Å²) in [7, 11) is 0. The van der Waals surface area contributed by atoms with E-state index in [-0.39, 0.29) is 12.5 Å². The second kappa shape index (κ2) is 10.1. The summed E-state index contributed by atoms with van der Waals surface area (Å²) in [6.45, 7) is 5.27. The standard InChI is InChI=1S/C24H29N3O2S/c28-18-20-17-21-22(9-6-10-23(21)30-20)27-15-13-26(14-16-27)12-5-4-11-24(29)25-19-7-2-1-3-8-19/h1-3,6-10,17,28H,4-5,11-16,18H2,(H,25,29). The van der Waals surface area contributed by atoms with Gasteiger partial charge in [0.1, 0.15) is 0 Å². The average Bonchev–Trinajstić information content (AvgIpc) is 3.21. The molecule has 0 saturated carbocycles. The van der Waals surface area contributed by atoms with Crippen molar-refractivity contribution in [1.29, 1.82) is 0 Å². The Morgan fingerprint density at radius 1 is 1.00 bits per heavy atom. The SMILES string of the molecule is O=C(CCCCN1CCN(c2cccc3sc(CO)cc23)CC1)Nc1ccccc1. The van der Waals surface area contributed by atoms with Gasteiger partial charge in [0, 0.05) is 58.9 Å². The third-order valence-electron chi connectivity index (χ3n) is 5.64. The van der Waals surface area contributed by atoms with E-state index >= 15 is 0 Å². The maximum absolute atomic E-state index is 12.0. The molecule has 0 atom stereocenters. The number of aliphatic hydroxyl groups excluding tert-OH is 1. The van der Waals surface area contributed by atoms with E-state index < -0.39 is 0 Å². The first-order valence-corrected chi connectivity index (χ1v) is 11.5. The highest BCUT2D eigenvalue weighted by Gasteiger charge is 2.19. The van der Waals surface area contributed by atoms with Crippen molar-refractivity contribution in [2.24, 2.45) is 0 Å². The summed E-state index contributed by atoms with van der Waals surface area (Å²) in [5, 5.41) is 13.7. The van der Waals surface area contributed by atoms with Crippen molar-refractivity contribution in [3.63, 3.8) is 0 Å². The molecule has 3 aromatic rings. The quantitative estimate of drug-likeness (QED) is 0.530. The van der Waals surface area contributed by atoms with Gasteiger partial charge < -0.3 is 15.3 Å². The predicted molar refractivity (Wildman–Crippen MR) is 125 cm³/mol. The van der Waals surface area contributed by atoms with E-state index in [9.17, 15) is 9.90 Å². The van der Waals surface area contributed by atoms with Crippen molar-refractivity contribution in [3.8, 4) is 0 Å². The summed E-state index contributed by atoms with van der Waals surface area (Å²) in [6.07, 6.45) is 2.53. The molecule has 0 bridgehead atoms. The Morgan fingerprint density at radius 2 is 1.80 bits per heavy atom. The molecule has 0 spiro atoms. The molecule has 158 valence electrons. The molecule has 0 radical (unpaired) electrons. The molecule has 0 aliphatic carbocycles. The summed E-state index contributed by atoms with van der Waals surface area (Å²) < 4.78 is 1.24. The fraction of sp³-hybridized carbons (Fsp3) is 0.375. The third kappa shape index (κ3) is 5.19. The van der Waals surface area contributed by atoms with E-state index in [1.165, 1.54) is 15.8 Å². The topological polar surface area (TPSA) is 55.8 Å². The normalized spacial score (nSPS) is 14.9. The molecule has 2 aromatic carbocycles. The van der Waals surface area contributed by atoms with Crippen LogP contribution in [0.4, 0.5) is 11.4 Å². The highest BCUT2D eigenvalue weighted by atomic mass is 32.1. The number of unbranched alkanes of at least 4 members (excludes halogenated alkanes) is 1. The minimum atomic E-state index is 0.0946. The van der Waals surface area contributed by atoms with Gasteiger partial charge in [0.15, 0.2) is 0 Å². The fourth-order valence-electron chi connectivity index (χ4n) is 4.03. The maximum atomic E-state index is 12.0. The molecule has 2 heterocycles. The molecule has 1 amide bonds. The largest absolute Gasteiger partial charge is 0.391 e. The lowest BCUT2D eigenvalue weighted by Gasteiger charge is -2.36. The number of hydrogen-bond donors (Lipinski definition) is 2. The van der Waals surface area contributed by atoms with Crippen LogP contribution in [-0.4, -0.2) is 48.6 Å². The zero-order valence-corrected chi connectivity index (χ0v) is 18.0. The number of nitrogens with zero attached hydrogens (tertiary/aromatic N) is 2. The lowest BCUT2D eigenvalue weighted by molar-refractivity contribution is -0.116. The first kappa shape index (κ1) is 20.8. The molecule has 30 heavy (non-hydrogen) atoms. The molecule has 5 nitrogen and oxygen atoms in total. The number of aliphatic hydroxyl groups is 1. The summed E-state index contributed by atoms with van der Waals surface area (Å²) in [5.74, 6) is 0.0946. The van der Waals surface area contributed by atoms with Gasteiger partial charge in [-0.15, -0.1) is 11.3 Å². The maximum Gasteiger partial charge on any atom is 0.224 e. The van der Waals surface area contributed by atoms with Crippen molar-refractivity contribution in [1.82, 2.24) is 4.90 Å². The molecule has 0 unspecified atom stereocenters. The van der Waals surface area contributed by atoms with Crippen LogP contribution in [0.25, 0.3) is 10.1 Å². The zero-order chi connectivity index (χ0) is 20.8. The van der Waals surface area contributed by atoms with Gasteiger partial charge in [-0.05, 0) is 49.7 Å². The first-order chi connectivity index (χ1) is 14.7. The van der Waals surface area contributed by atoms with Crippen LogP contribution in [0.3, 0.4) is 0 Å². The molecule has 1 aliphatic heterocycles. The number of carbonyl (C=O) groups excluding carboxylic acids is 1. The van der Waals surface area contributed by atoms with Crippen LogP contribution in [0.2, 0.25) is 0 Å². The second-order valence-corrected chi connectivity index (χ2v) is 8.93. The Morgan fingerprint density at radius 3 is 2.57 bits per heavy atom. The van der Waals surface area contributed by atoms with Crippen molar-refractivity contribution in [2.45, 2.75) is 25.9 Å². The van der Waals surface area contributed by atoms with E-state index in [2.05, 4.69) is 39.4 Å². The van der Waals surface area contributed by atoms with Crippen LogP contribution in [-0.2, 0) is 11.4 Å². The Labute approximate surface area is 181 Å². The molecular formula is C24H29N3O2S. The van der Waals surface area contributed by atoms with Crippen LogP contribution in [0, 0.1) is 0 Å². The van der Waals surface area contributed by atoms with Gasteiger partial charge in [0.25, 0.3) is 0 Å². The second-order valence-electron chi connectivity index (χ2n) is 7.76. The van der Waals surface area contributed by atoms with Crippen molar-refractivity contribution in [2.75, 3.05) is 42.9 Å². The zero-order valence-electron chi connectivity index (χ0n) is 17.2. The number of hydrogen-bond acceptors (Lipinski definition) is 5. The Hall–Kier alpha value is -2.41. The van der Waals surface area contributed by atoms with Gasteiger partial charge in [-0.1, -0.05) is 24.3 Å². The average molecular weight is 424 g/mol. The molecular weight excluding hydrogens is 394 g/mol. The van der Waals surface area contributed by atoms with Crippen LogP contribution in [0.1, 0.15) is 24.1 Å². The monoisotopic (exact) mass is 423 g/mol. The van der Waals surface area contributed by atoms with Crippen molar-refractivity contribution < 1.29 is 9.90 Å². The van der Waals surface area contributed by atoms with Crippen molar-refractivity contribution in [3.05, 3.63) is 59.5 Å². The predicted octanol–water partition coefficient (Wildman–Crippen LogP) is 4.32. The Kier molecular flexibility index (Phi) is 7.00. The first-order valence-electron chi connectivity index (χ1n) is 10.7. The Balaban J connectivity index is 1.20. The van der Waals surface area contributed by atoms with E-state index in [1.54, 1.807) is 11.3 Å². The van der Waals surface area contributed by atoms with E-state index in [4.69, 9.17) is 0 Å². The molecule has 1 fully saturated rings. The number of amides is 1. The summed E-state index contributed by atoms with van der Waals surface area (Å²) in [4.78, 5) is 18.0. The van der Waals surface area contributed by atoms with Gasteiger partial charge in [-0.25, -0.2) is 0 Å². The number of rotatable bonds is 8. The minimum Gasteiger partial charge on any atom is -0.391 e. The number of fused-ring (bicyclic) bond motifs is 1. The van der Waals surface area contributed by atoms with Crippen LogP contribution < -0.4 is 10.2 Å². The number of thiophene rings is 1. The fourth-order valence-corrected chi connectivity index (χ4v) is 4.97. The highest BCUT2D eigenvalue weighted by Crippen LogP contribution is 2.33. The minimum absolute atomic E-state index is 0.0946. The highest BCUT2D eigenvalue weighted by molar-refractivity contribution is 7.19. The van der Waals surface area contributed by atoms with Gasteiger partial charge >= 0.3 is 0 Å². The van der Waals surface area contributed by atoms with Gasteiger partial charge in [-0.2, -0.15) is 0 Å². The lowest BCUT2D eigenvalue weighted by atomic mass is 10.1. The molecule has 1 aliphatic rings. The number of carbonyl (C=O) groups is 1. The number of benzene rings is 2. The van der Waals surface area contributed by atoms with Crippen molar-refractivity contribution >= 4 is 38.7 Å². The summed E-state index contributed by atoms with van der Waals surface area (Å²) in [5.41, 5.74) is 2.14. The summed E-state index contributed by atoms with van der Waals surface area (Å²) in [6, 6.07) is 18.2.